The van der Waals surface area contributed by atoms with Crippen molar-refractivity contribution in [3.05, 3.63) is 118 Å². The number of nitrogens with zero attached hydrogens (tertiary/aromatic N) is 4. The van der Waals surface area contributed by atoms with E-state index in [1.165, 1.54) is 20.9 Å². The van der Waals surface area contributed by atoms with Crippen molar-refractivity contribution in [2.24, 2.45) is 15.4 Å². The quantitative estimate of drug-likeness (QED) is 0.290. The third-order valence-corrected chi connectivity index (χ3v) is 10.7. The SMILES string of the molecule is O=C1CS/C(=N/S(=O)(=O)c2ccc(N3N=C4c5ccccc5CC4C3c3cccs3)cc2)N1Cc1ccccc1. The molecule has 0 bridgehead atoms. The summed E-state index contributed by atoms with van der Waals surface area (Å²) in [7, 11) is -4.02. The molecule has 10 heteroatoms. The lowest BCUT2D eigenvalue weighted by Crippen LogP contribution is -2.29. The van der Waals surface area contributed by atoms with Crippen molar-refractivity contribution >= 4 is 55.6 Å². The Hall–Kier alpha value is -3.73. The first-order valence-corrected chi connectivity index (χ1v) is 16.2. The van der Waals surface area contributed by atoms with Gasteiger partial charge in [-0.1, -0.05) is 72.4 Å². The van der Waals surface area contributed by atoms with Crippen LogP contribution < -0.4 is 5.01 Å². The molecule has 1 aliphatic carbocycles. The summed E-state index contributed by atoms with van der Waals surface area (Å²) in [4.78, 5) is 15.2. The fourth-order valence-corrected chi connectivity index (χ4v) is 8.53. The monoisotopic (exact) mass is 584 g/mol. The molecule has 0 radical (unpaired) electrons. The highest BCUT2D eigenvalue weighted by Crippen LogP contribution is 2.47. The zero-order chi connectivity index (χ0) is 27.3. The van der Waals surface area contributed by atoms with Gasteiger partial charge >= 0.3 is 0 Å². The smallest absolute Gasteiger partial charge is 0.284 e. The second-order valence-electron chi connectivity index (χ2n) is 9.85. The van der Waals surface area contributed by atoms with E-state index in [-0.39, 0.29) is 40.2 Å². The minimum absolute atomic E-state index is 0.0394. The van der Waals surface area contributed by atoms with Gasteiger partial charge in [-0.15, -0.1) is 15.7 Å². The Labute approximate surface area is 240 Å². The Morgan fingerprint density at radius 2 is 1.70 bits per heavy atom. The topological polar surface area (TPSA) is 82.4 Å². The van der Waals surface area contributed by atoms with Crippen LogP contribution in [0.5, 0.6) is 0 Å². The average molecular weight is 585 g/mol. The fourth-order valence-electron chi connectivity index (χ4n) is 5.53. The molecule has 200 valence electrons. The van der Waals surface area contributed by atoms with Gasteiger partial charge in [-0.05, 0) is 53.3 Å². The standard InChI is InChI=1S/C30H24N4O3S3/c35-27-19-39-30(33(27)18-20-7-2-1-3-8-20)32-40(36,37)23-14-12-22(13-15-23)34-29(26-11-6-16-38-26)25-17-21-9-4-5-10-24(21)28(25)31-34/h1-16,25,29H,17-19H2/b32-30+. The number of amides is 1. The molecule has 2 aliphatic heterocycles. The van der Waals surface area contributed by atoms with Crippen molar-refractivity contribution in [2.45, 2.75) is 23.9 Å². The van der Waals surface area contributed by atoms with Gasteiger partial charge in [0.15, 0.2) is 5.17 Å². The number of carbonyl (C=O) groups is 1. The highest BCUT2D eigenvalue weighted by atomic mass is 32.2. The van der Waals surface area contributed by atoms with Crippen LogP contribution >= 0.6 is 23.1 Å². The number of thiophene rings is 1. The fraction of sp³-hybridized carbons (Fsp3) is 0.167. The van der Waals surface area contributed by atoms with Gasteiger partial charge in [-0.2, -0.15) is 13.5 Å². The van der Waals surface area contributed by atoms with Crippen LogP contribution in [0.25, 0.3) is 0 Å². The first kappa shape index (κ1) is 25.3. The molecule has 40 heavy (non-hydrogen) atoms. The van der Waals surface area contributed by atoms with Crippen LogP contribution in [0.3, 0.4) is 0 Å². The Balaban J connectivity index is 1.18. The van der Waals surface area contributed by atoms with E-state index in [1.54, 1.807) is 35.6 Å². The molecule has 2 unspecified atom stereocenters. The van der Waals surface area contributed by atoms with Gasteiger partial charge in [0.1, 0.15) is 0 Å². The highest BCUT2D eigenvalue weighted by Gasteiger charge is 2.44. The molecule has 4 aromatic rings. The number of hydrogen-bond donors (Lipinski definition) is 0. The van der Waals surface area contributed by atoms with Crippen molar-refractivity contribution < 1.29 is 13.2 Å². The molecular weight excluding hydrogens is 561 g/mol. The minimum atomic E-state index is -4.02. The number of hydrazone groups is 1. The van der Waals surface area contributed by atoms with Crippen molar-refractivity contribution in [1.29, 1.82) is 0 Å². The van der Waals surface area contributed by atoms with E-state index in [0.717, 1.165) is 35.1 Å². The highest BCUT2D eigenvalue weighted by molar-refractivity contribution is 8.15. The Bertz CT molecular complexity index is 1750. The summed E-state index contributed by atoms with van der Waals surface area (Å²) >= 11 is 2.86. The van der Waals surface area contributed by atoms with E-state index in [1.807, 2.05) is 41.4 Å². The molecule has 1 saturated heterocycles. The number of sulfonamides is 1. The lowest BCUT2D eigenvalue weighted by atomic mass is 9.94. The summed E-state index contributed by atoms with van der Waals surface area (Å²) in [6, 6.07) is 28.9. The van der Waals surface area contributed by atoms with Crippen LogP contribution in [-0.2, 0) is 27.8 Å². The van der Waals surface area contributed by atoms with E-state index in [0.29, 0.717) is 0 Å². The molecule has 7 nitrogen and oxygen atoms in total. The van der Waals surface area contributed by atoms with Gasteiger partial charge in [0.2, 0.25) is 5.91 Å². The molecule has 3 aliphatic rings. The van der Waals surface area contributed by atoms with Crippen molar-refractivity contribution in [3.63, 3.8) is 0 Å². The molecule has 7 rings (SSSR count). The molecule has 0 spiro atoms. The summed E-state index contributed by atoms with van der Waals surface area (Å²) in [5, 5.41) is 9.37. The number of rotatable bonds is 6. The second-order valence-corrected chi connectivity index (χ2v) is 13.4. The third-order valence-electron chi connectivity index (χ3n) is 7.42. The molecular formula is C30H24N4O3S3. The van der Waals surface area contributed by atoms with Gasteiger partial charge < -0.3 is 0 Å². The third kappa shape index (κ3) is 4.46. The number of fused-ring (bicyclic) bond motifs is 3. The summed E-state index contributed by atoms with van der Waals surface area (Å²) in [6.07, 6.45) is 0.925. The van der Waals surface area contributed by atoms with E-state index >= 15 is 0 Å². The number of amidine groups is 1. The summed E-state index contributed by atoms with van der Waals surface area (Å²) in [6.45, 7) is 0.281. The Morgan fingerprint density at radius 1 is 0.925 bits per heavy atom. The van der Waals surface area contributed by atoms with Gasteiger partial charge in [-0.3, -0.25) is 14.7 Å². The maximum Gasteiger partial charge on any atom is 0.284 e. The second kappa shape index (κ2) is 10.0. The minimum Gasteiger partial charge on any atom is -0.285 e. The normalized spacial score (nSPS) is 21.1. The van der Waals surface area contributed by atoms with Crippen LogP contribution in [0, 0.1) is 5.92 Å². The van der Waals surface area contributed by atoms with Crippen LogP contribution in [0.4, 0.5) is 5.69 Å². The number of anilines is 1. The van der Waals surface area contributed by atoms with Crippen LogP contribution in [0.1, 0.15) is 27.6 Å². The zero-order valence-electron chi connectivity index (χ0n) is 21.3. The lowest BCUT2D eigenvalue weighted by molar-refractivity contribution is -0.124. The lowest BCUT2D eigenvalue weighted by Gasteiger charge is -2.26. The molecule has 2 atom stereocenters. The Kier molecular flexibility index (Phi) is 6.33. The first-order chi connectivity index (χ1) is 19.5. The molecule has 1 aromatic heterocycles. The molecule has 0 N–H and O–H groups in total. The molecule has 0 saturated carbocycles. The van der Waals surface area contributed by atoms with E-state index in [4.69, 9.17) is 5.10 Å². The van der Waals surface area contributed by atoms with Crippen LogP contribution in [-0.4, -0.2) is 35.9 Å². The van der Waals surface area contributed by atoms with Gasteiger partial charge in [-0.25, -0.2) is 0 Å². The largest absolute Gasteiger partial charge is 0.285 e. The Morgan fingerprint density at radius 3 is 2.48 bits per heavy atom. The van der Waals surface area contributed by atoms with Crippen LogP contribution in [0.15, 0.2) is 111 Å². The van der Waals surface area contributed by atoms with E-state index < -0.39 is 10.0 Å². The van der Waals surface area contributed by atoms with E-state index in [9.17, 15) is 13.2 Å². The van der Waals surface area contributed by atoms with Crippen molar-refractivity contribution in [3.8, 4) is 0 Å². The predicted octanol–water partition coefficient (Wildman–Crippen LogP) is 5.71. The maximum atomic E-state index is 13.3. The first-order valence-electron chi connectivity index (χ1n) is 12.9. The van der Waals surface area contributed by atoms with Crippen molar-refractivity contribution in [2.75, 3.05) is 10.8 Å². The summed E-state index contributed by atoms with van der Waals surface area (Å²) < 4.78 is 30.7. The zero-order valence-corrected chi connectivity index (χ0v) is 23.7. The van der Waals surface area contributed by atoms with Crippen molar-refractivity contribution in [1.82, 2.24) is 4.90 Å². The predicted molar refractivity (Wildman–Crippen MR) is 160 cm³/mol. The van der Waals surface area contributed by atoms with Gasteiger partial charge in [0, 0.05) is 16.4 Å². The van der Waals surface area contributed by atoms with E-state index in [2.05, 4.69) is 40.1 Å². The van der Waals surface area contributed by atoms with Gasteiger partial charge in [0.25, 0.3) is 10.0 Å². The number of benzene rings is 3. The number of carbonyl (C=O) groups excluding carboxylic acids is 1. The van der Waals surface area contributed by atoms with Gasteiger partial charge in [0.05, 0.1) is 34.6 Å². The molecule has 1 fully saturated rings. The number of thioether (sulfide) groups is 1. The molecule has 3 heterocycles. The summed E-state index contributed by atoms with van der Waals surface area (Å²) in [5.74, 6) is 0.250. The maximum absolute atomic E-state index is 13.3. The summed E-state index contributed by atoms with van der Waals surface area (Å²) in [5.41, 5.74) is 5.32. The number of hydrogen-bond acceptors (Lipinski definition) is 7. The molecule has 3 aromatic carbocycles. The van der Waals surface area contributed by atoms with Crippen LogP contribution in [0.2, 0.25) is 0 Å². The average Bonchev–Trinajstić information content (AvgIpc) is 3.75. The molecule has 1 amide bonds.